The monoisotopic (exact) mass is 524 g/mol. The quantitative estimate of drug-likeness (QED) is 0.125. The number of carbonyl (C=O) groups excluding carboxylic acids is 2. The Hall–Kier alpha value is -3.67. The summed E-state index contributed by atoms with van der Waals surface area (Å²) in [6, 6.07) is 13.0. The predicted octanol–water partition coefficient (Wildman–Crippen LogP) is 3.63. The molecule has 2 aromatic rings. The molecule has 0 saturated carbocycles. The number of hydrogen-bond donors (Lipinski definition) is 3. The lowest BCUT2D eigenvalue weighted by Crippen LogP contribution is -2.42. The van der Waals surface area contributed by atoms with Crippen molar-refractivity contribution in [3.8, 4) is 11.1 Å². The van der Waals surface area contributed by atoms with Crippen LogP contribution in [0.2, 0.25) is 0 Å². The Morgan fingerprint density at radius 1 is 1.14 bits per heavy atom. The fourth-order valence-corrected chi connectivity index (χ4v) is 3.08. The SMILES string of the molecule is CC(=O)N[C@H](CS)C(=O)OCCCCO[N+](=O)[O-].CC(C(=O)O)c1ccc(-c2ccccc2)c(F)c1. The predicted molar refractivity (Wildman–Crippen MR) is 132 cm³/mol. The normalized spacial score (nSPS) is 11.8. The molecule has 10 nitrogen and oxygen atoms in total. The summed E-state index contributed by atoms with van der Waals surface area (Å²) < 4.78 is 18.8. The first-order chi connectivity index (χ1) is 17.1. The van der Waals surface area contributed by atoms with Gasteiger partial charge in [0.15, 0.2) is 0 Å². The summed E-state index contributed by atoms with van der Waals surface area (Å²) in [6.07, 6.45) is 0.846. The molecule has 0 aliphatic carbocycles. The van der Waals surface area contributed by atoms with E-state index in [-0.39, 0.29) is 24.9 Å². The molecular weight excluding hydrogens is 495 g/mol. The second-order valence-electron chi connectivity index (χ2n) is 7.53. The van der Waals surface area contributed by atoms with Gasteiger partial charge >= 0.3 is 11.9 Å². The lowest BCUT2D eigenvalue weighted by molar-refractivity contribution is -0.757. The van der Waals surface area contributed by atoms with Gasteiger partial charge in [-0.25, -0.2) is 9.18 Å². The molecule has 2 aromatic carbocycles. The van der Waals surface area contributed by atoms with Crippen LogP contribution in [-0.4, -0.2) is 53.0 Å². The number of benzene rings is 2. The molecule has 0 aliphatic rings. The Morgan fingerprint density at radius 3 is 2.31 bits per heavy atom. The van der Waals surface area contributed by atoms with Crippen LogP contribution < -0.4 is 5.32 Å². The minimum Gasteiger partial charge on any atom is -0.481 e. The molecule has 0 saturated heterocycles. The van der Waals surface area contributed by atoms with Crippen LogP contribution >= 0.6 is 12.6 Å². The van der Waals surface area contributed by atoms with Gasteiger partial charge in [0, 0.05) is 18.2 Å². The van der Waals surface area contributed by atoms with Crippen LogP contribution in [0, 0.1) is 15.9 Å². The zero-order valence-corrected chi connectivity index (χ0v) is 20.8. The first-order valence-electron chi connectivity index (χ1n) is 11.0. The van der Waals surface area contributed by atoms with Crippen LogP contribution in [0.15, 0.2) is 48.5 Å². The fourth-order valence-electron chi connectivity index (χ4n) is 2.84. The Bertz CT molecular complexity index is 1020. The second kappa shape index (κ2) is 16.1. The maximum Gasteiger partial charge on any atom is 0.329 e. The van der Waals surface area contributed by atoms with Gasteiger partial charge in [-0.3, -0.25) is 9.59 Å². The third-order valence-electron chi connectivity index (χ3n) is 4.77. The van der Waals surface area contributed by atoms with Crippen molar-refractivity contribution in [1.82, 2.24) is 5.32 Å². The first-order valence-corrected chi connectivity index (χ1v) is 11.6. The lowest BCUT2D eigenvalue weighted by Gasteiger charge is -2.14. The molecular formula is C24H29FN2O8S. The summed E-state index contributed by atoms with van der Waals surface area (Å²) in [5, 5.41) is 20.2. The van der Waals surface area contributed by atoms with E-state index >= 15 is 0 Å². The van der Waals surface area contributed by atoms with E-state index < -0.39 is 34.8 Å². The zero-order valence-electron chi connectivity index (χ0n) is 19.9. The highest BCUT2D eigenvalue weighted by Gasteiger charge is 2.19. The summed E-state index contributed by atoms with van der Waals surface area (Å²) in [7, 11) is 0. The van der Waals surface area contributed by atoms with Crippen molar-refractivity contribution >= 4 is 30.5 Å². The van der Waals surface area contributed by atoms with E-state index in [0.29, 0.717) is 24.0 Å². The van der Waals surface area contributed by atoms with Crippen molar-refractivity contribution in [2.75, 3.05) is 19.0 Å². The van der Waals surface area contributed by atoms with Gasteiger partial charge < -0.3 is 20.0 Å². The molecule has 2 atom stereocenters. The maximum absolute atomic E-state index is 14.0. The number of amides is 1. The van der Waals surface area contributed by atoms with Crippen molar-refractivity contribution in [3.63, 3.8) is 0 Å². The van der Waals surface area contributed by atoms with E-state index in [9.17, 15) is 28.9 Å². The van der Waals surface area contributed by atoms with Crippen LogP contribution in [0.25, 0.3) is 11.1 Å². The highest BCUT2D eigenvalue weighted by atomic mass is 32.1. The van der Waals surface area contributed by atoms with Crippen molar-refractivity contribution in [1.29, 1.82) is 0 Å². The molecule has 1 unspecified atom stereocenters. The second-order valence-corrected chi connectivity index (χ2v) is 7.90. The van der Waals surface area contributed by atoms with E-state index in [0.717, 1.165) is 5.56 Å². The van der Waals surface area contributed by atoms with Crippen molar-refractivity contribution < 1.29 is 38.5 Å². The van der Waals surface area contributed by atoms with Gasteiger partial charge in [0.25, 0.3) is 5.09 Å². The van der Waals surface area contributed by atoms with Crippen LogP contribution in [0.1, 0.15) is 38.2 Å². The number of thiol groups is 1. The van der Waals surface area contributed by atoms with E-state index in [1.165, 1.54) is 13.0 Å². The van der Waals surface area contributed by atoms with Crippen LogP contribution in [0.4, 0.5) is 4.39 Å². The van der Waals surface area contributed by atoms with E-state index in [1.807, 2.05) is 30.3 Å². The summed E-state index contributed by atoms with van der Waals surface area (Å²) in [5.74, 6) is -2.83. The van der Waals surface area contributed by atoms with Crippen LogP contribution in [-0.2, 0) is 24.0 Å². The third kappa shape index (κ3) is 11.2. The van der Waals surface area contributed by atoms with Gasteiger partial charge in [-0.1, -0.05) is 42.5 Å². The molecule has 196 valence electrons. The largest absolute Gasteiger partial charge is 0.481 e. The number of unbranched alkanes of at least 4 members (excludes halogenated alkanes) is 1. The number of esters is 1. The Kier molecular flexibility index (Phi) is 13.6. The third-order valence-corrected chi connectivity index (χ3v) is 5.14. The molecule has 0 radical (unpaired) electrons. The highest BCUT2D eigenvalue weighted by Crippen LogP contribution is 2.26. The smallest absolute Gasteiger partial charge is 0.329 e. The topological polar surface area (TPSA) is 145 Å². The molecule has 12 heteroatoms. The summed E-state index contributed by atoms with van der Waals surface area (Å²) >= 11 is 3.92. The molecule has 2 rings (SSSR count). The Morgan fingerprint density at radius 2 is 1.78 bits per heavy atom. The number of nitrogens with one attached hydrogen (secondary N) is 1. The molecule has 36 heavy (non-hydrogen) atoms. The van der Waals surface area contributed by atoms with E-state index in [1.54, 1.807) is 19.1 Å². The van der Waals surface area contributed by atoms with Gasteiger partial charge in [-0.15, -0.1) is 10.1 Å². The van der Waals surface area contributed by atoms with E-state index in [2.05, 4.69) is 22.8 Å². The average Bonchev–Trinajstić information content (AvgIpc) is 2.84. The zero-order chi connectivity index (χ0) is 27.1. The number of carboxylic acids is 1. The number of halogens is 1. The summed E-state index contributed by atoms with van der Waals surface area (Å²) in [6.45, 7) is 2.91. The maximum atomic E-state index is 14.0. The highest BCUT2D eigenvalue weighted by molar-refractivity contribution is 7.80. The number of carboxylic acid groups (broad SMARTS) is 1. The van der Waals surface area contributed by atoms with Gasteiger partial charge in [0.1, 0.15) is 11.9 Å². The Balaban J connectivity index is 0.000000360. The minimum absolute atomic E-state index is 0.0355. The van der Waals surface area contributed by atoms with Crippen LogP contribution in [0.5, 0.6) is 0 Å². The van der Waals surface area contributed by atoms with E-state index in [4.69, 9.17) is 9.84 Å². The number of carbonyl (C=O) groups is 3. The fraction of sp³-hybridized carbons (Fsp3) is 0.375. The standard InChI is InChI=1S/C15H13FO2.C9H16N2O6S/c1-10(15(17)18)12-7-8-13(14(16)9-12)11-5-3-2-4-6-11;1-7(12)10-8(6-18)9(13)16-4-2-3-5-17-11(14)15/h2-10H,1H3,(H,17,18);8,18H,2-6H2,1H3,(H,10,12)/t;8-/m.1/s1. The molecule has 0 aliphatic heterocycles. The van der Waals surface area contributed by atoms with Gasteiger partial charge in [-0.2, -0.15) is 12.6 Å². The number of rotatable bonds is 12. The van der Waals surface area contributed by atoms with Crippen molar-refractivity contribution in [2.45, 2.75) is 38.6 Å². The molecule has 2 N–H and O–H groups in total. The number of aliphatic carboxylic acids is 1. The van der Waals surface area contributed by atoms with Crippen molar-refractivity contribution in [2.24, 2.45) is 0 Å². The number of nitrogens with zero attached hydrogens (tertiary/aromatic N) is 1. The van der Waals surface area contributed by atoms with Crippen molar-refractivity contribution in [3.05, 3.63) is 70.0 Å². The number of ether oxygens (including phenoxy) is 1. The Labute approximate surface area is 213 Å². The van der Waals surface area contributed by atoms with Crippen LogP contribution in [0.3, 0.4) is 0 Å². The van der Waals surface area contributed by atoms with Gasteiger partial charge in [0.2, 0.25) is 5.91 Å². The molecule has 1 amide bonds. The molecule has 0 spiro atoms. The number of hydrogen-bond acceptors (Lipinski definition) is 8. The van der Waals surface area contributed by atoms with Gasteiger partial charge in [-0.05, 0) is 37.0 Å². The average molecular weight is 525 g/mol. The molecule has 0 fully saturated rings. The lowest BCUT2D eigenvalue weighted by atomic mass is 9.97. The summed E-state index contributed by atoms with van der Waals surface area (Å²) in [5.41, 5.74) is 1.74. The molecule has 0 bridgehead atoms. The first kappa shape index (κ1) is 30.4. The minimum atomic E-state index is -0.957. The van der Waals surface area contributed by atoms with Gasteiger partial charge in [0.05, 0.1) is 19.1 Å². The summed E-state index contributed by atoms with van der Waals surface area (Å²) in [4.78, 5) is 46.9. The molecule has 0 aromatic heterocycles. The molecule has 0 heterocycles.